The second-order valence-corrected chi connectivity index (χ2v) is 7.87. The molecule has 0 aromatic heterocycles. The standard InChI is InChI=1S/C25H23ClN2O4/c26-19-10-13-23(32-16-21-7-4-14-31-21)22(15-19)28-25(30)18-8-11-20(12-9-18)27-24(29)17-5-2-1-3-6-17/h1-3,5-6,8-13,15,21H,4,7,14,16H2,(H,27,29)(H,28,30). The van der Waals surface area contributed by atoms with Crippen LogP contribution in [0.1, 0.15) is 33.6 Å². The van der Waals surface area contributed by atoms with Gasteiger partial charge in [-0.25, -0.2) is 0 Å². The van der Waals surface area contributed by atoms with Crippen molar-refractivity contribution >= 4 is 34.8 Å². The van der Waals surface area contributed by atoms with Gasteiger partial charge in [0.25, 0.3) is 11.8 Å². The zero-order chi connectivity index (χ0) is 22.3. The highest BCUT2D eigenvalue weighted by Gasteiger charge is 2.18. The number of amides is 2. The first-order valence-corrected chi connectivity index (χ1v) is 10.8. The summed E-state index contributed by atoms with van der Waals surface area (Å²) >= 11 is 6.12. The zero-order valence-corrected chi connectivity index (χ0v) is 18.1. The minimum absolute atomic E-state index is 0.0628. The van der Waals surface area contributed by atoms with Gasteiger partial charge in [-0.3, -0.25) is 9.59 Å². The first-order chi connectivity index (χ1) is 15.6. The van der Waals surface area contributed by atoms with E-state index < -0.39 is 0 Å². The molecule has 3 aromatic rings. The molecule has 6 nitrogen and oxygen atoms in total. The van der Waals surface area contributed by atoms with Crippen LogP contribution in [0.5, 0.6) is 5.75 Å². The van der Waals surface area contributed by atoms with Crippen LogP contribution in [0.2, 0.25) is 5.02 Å². The lowest BCUT2D eigenvalue weighted by Crippen LogP contribution is -2.18. The Morgan fingerprint density at radius 2 is 1.66 bits per heavy atom. The van der Waals surface area contributed by atoms with Gasteiger partial charge < -0.3 is 20.1 Å². The van der Waals surface area contributed by atoms with Crippen molar-refractivity contribution in [2.45, 2.75) is 18.9 Å². The van der Waals surface area contributed by atoms with Gasteiger partial charge in [0.05, 0.1) is 11.8 Å². The topological polar surface area (TPSA) is 76.7 Å². The molecule has 1 aliphatic rings. The number of rotatable bonds is 7. The first-order valence-electron chi connectivity index (χ1n) is 10.4. The molecule has 1 heterocycles. The molecule has 2 N–H and O–H groups in total. The van der Waals surface area contributed by atoms with Crippen molar-refractivity contribution < 1.29 is 19.1 Å². The molecule has 1 saturated heterocycles. The van der Waals surface area contributed by atoms with Crippen molar-refractivity contribution in [2.75, 3.05) is 23.8 Å². The largest absolute Gasteiger partial charge is 0.489 e. The van der Waals surface area contributed by atoms with Crippen molar-refractivity contribution in [3.63, 3.8) is 0 Å². The molecule has 0 radical (unpaired) electrons. The van der Waals surface area contributed by atoms with Gasteiger partial charge in [-0.1, -0.05) is 29.8 Å². The van der Waals surface area contributed by atoms with E-state index in [0.29, 0.717) is 39.9 Å². The fraction of sp³-hybridized carbons (Fsp3) is 0.200. The maximum absolute atomic E-state index is 12.8. The SMILES string of the molecule is O=C(Nc1ccc(C(=O)Nc2cc(Cl)ccc2OCC2CCCO2)cc1)c1ccccc1. The molecule has 0 aliphatic carbocycles. The van der Waals surface area contributed by atoms with Gasteiger partial charge in [-0.05, 0) is 67.4 Å². The normalized spacial score (nSPS) is 15.2. The van der Waals surface area contributed by atoms with Gasteiger partial charge in [-0.15, -0.1) is 0 Å². The number of hydrogen-bond donors (Lipinski definition) is 2. The fourth-order valence-corrected chi connectivity index (χ4v) is 3.55. The Labute approximate surface area is 191 Å². The molecule has 2 amide bonds. The fourth-order valence-electron chi connectivity index (χ4n) is 3.38. The van der Waals surface area contributed by atoms with Crippen molar-refractivity contribution in [1.29, 1.82) is 0 Å². The van der Waals surface area contributed by atoms with Crippen LogP contribution in [0.4, 0.5) is 11.4 Å². The summed E-state index contributed by atoms with van der Waals surface area (Å²) in [5.74, 6) is 0.00919. The molecule has 1 fully saturated rings. The van der Waals surface area contributed by atoms with E-state index in [1.54, 1.807) is 66.7 Å². The summed E-state index contributed by atoms with van der Waals surface area (Å²) in [5, 5.41) is 6.16. The number of carbonyl (C=O) groups excluding carboxylic acids is 2. The average Bonchev–Trinajstić information content (AvgIpc) is 3.33. The number of anilines is 2. The second-order valence-electron chi connectivity index (χ2n) is 7.44. The highest BCUT2D eigenvalue weighted by molar-refractivity contribution is 6.31. The lowest BCUT2D eigenvalue weighted by molar-refractivity contribution is 0.0682. The molecule has 1 unspecified atom stereocenters. The summed E-state index contributed by atoms with van der Waals surface area (Å²) in [6.45, 7) is 1.17. The number of halogens is 1. The number of hydrogen-bond acceptors (Lipinski definition) is 4. The van der Waals surface area contributed by atoms with Crippen LogP contribution in [0.25, 0.3) is 0 Å². The predicted molar refractivity (Wildman–Crippen MR) is 125 cm³/mol. The van der Waals surface area contributed by atoms with Crippen LogP contribution in [0.15, 0.2) is 72.8 Å². The Kier molecular flexibility index (Phi) is 7.04. The minimum atomic E-state index is -0.310. The third-order valence-corrected chi connectivity index (χ3v) is 5.31. The molecule has 32 heavy (non-hydrogen) atoms. The molecule has 0 bridgehead atoms. The van der Waals surface area contributed by atoms with Crippen LogP contribution in [0.3, 0.4) is 0 Å². The monoisotopic (exact) mass is 450 g/mol. The Hall–Kier alpha value is -3.35. The third kappa shape index (κ3) is 5.66. The molecule has 1 atom stereocenters. The molecule has 3 aromatic carbocycles. The van der Waals surface area contributed by atoms with Crippen LogP contribution < -0.4 is 15.4 Å². The third-order valence-electron chi connectivity index (χ3n) is 5.08. The maximum atomic E-state index is 12.8. The number of ether oxygens (including phenoxy) is 2. The van der Waals surface area contributed by atoms with E-state index in [2.05, 4.69) is 10.6 Å². The van der Waals surface area contributed by atoms with E-state index >= 15 is 0 Å². The molecular formula is C25H23ClN2O4. The Morgan fingerprint density at radius 3 is 2.38 bits per heavy atom. The van der Waals surface area contributed by atoms with E-state index in [1.807, 2.05) is 6.07 Å². The molecule has 4 rings (SSSR count). The van der Waals surface area contributed by atoms with E-state index in [4.69, 9.17) is 21.1 Å². The molecule has 164 valence electrons. The first kappa shape index (κ1) is 21.9. The predicted octanol–water partition coefficient (Wildman–Crippen LogP) is 5.40. The van der Waals surface area contributed by atoms with Gasteiger partial charge in [0.15, 0.2) is 0 Å². The second kappa shape index (κ2) is 10.3. The lowest BCUT2D eigenvalue weighted by atomic mass is 10.1. The van der Waals surface area contributed by atoms with Crippen molar-refractivity contribution in [3.05, 3.63) is 88.9 Å². The van der Waals surface area contributed by atoms with Crippen LogP contribution in [0, 0.1) is 0 Å². The summed E-state index contributed by atoms with van der Waals surface area (Å²) in [6, 6.07) is 20.7. The van der Waals surface area contributed by atoms with E-state index in [1.165, 1.54) is 0 Å². The molecular weight excluding hydrogens is 428 g/mol. The van der Waals surface area contributed by atoms with Crippen molar-refractivity contribution in [1.82, 2.24) is 0 Å². The van der Waals surface area contributed by atoms with Gasteiger partial charge >= 0.3 is 0 Å². The zero-order valence-electron chi connectivity index (χ0n) is 17.3. The van der Waals surface area contributed by atoms with Crippen LogP contribution in [-0.4, -0.2) is 31.1 Å². The summed E-state index contributed by atoms with van der Waals surface area (Å²) in [4.78, 5) is 25.0. The molecule has 0 spiro atoms. The maximum Gasteiger partial charge on any atom is 0.255 e. The Balaban J connectivity index is 1.40. The van der Waals surface area contributed by atoms with Gasteiger partial charge in [0.2, 0.25) is 0 Å². The number of carbonyl (C=O) groups is 2. The van der Waals surface area contributed by atoms with E-state index in [-0.39, 0.29) is 17.9 Å². The van der Waals surface area contributed by atoms with Crippen molar-refractivity contribution in [3.8, 4) is 5.75 Å². The van der Waals surface area contributed by atoms with E-state index in [9.17, 15) is 9.59 Å². The lowest BCUT2D eigenvalue weighted by Gasteiger charge is -2.15. The van der Waals surface area contributed by atoms with Crippen molar-refractivity contribution in [2.24, 2.45) is 0 Å². The Morgan fingerprint density at radius 1 is 0.938 bits per heavy atom. The summed E-state index contributed by atoms with van der Waals surface area (Å²) in [5.41, 5.74) is 2.08. The molecule has 0 saturated carbocycles. The molecule has 7 heteroatoms. The van der Waals surface area contributed by atoms with Gasteiger partial charge in [-0.2, -0.15) is 0 Å². The highest BCUT2D eigenvalue weighted by Crippen LogP contribution is 2.29. The number of benzene rings is 3. The Bertz CT molecular complexity index is 1080. The quantitative estimate of drug-likeness (QED) is 0.505. The van der Waals surface area contributed by atoms with Gasteiger partial charge in [0, 0.05) is 28.4 Å². The van der Waals surface area contributed by atoms with Crippen LogP contribution >= 0.6 is 11.6 Å². The summed E-state index contributed by atoms with van der Waals surface area (Å²) < 4.78 is 11.5. The number of nitrogens with one attached hydrogen (secondary N) is 2. The van der Waals surface area contributed by atoms with E-state index in [0.717, 1.165) is 19.4 Å². The highest BCUT2D eigenvalue weighted by atomic mass is 35.5. The minimum Gasteiger partial charge on any atom is -0.489 e. The molecule has 1 aliphatic heterocycles. The summed E-state index contributed by atoms with van der Waals surface area (Å²) in [6.07, 6.45) is 2.05. The summed E-state index contributed by atoms with van der Waals surface area (Å²) in [7, 11) is 0. The average molecular weight is 451 g/mol. The van der Waals surface area contributed by atoms with Gasteiger partial charge in [0.1, 0.15) is 12.4 Å². The smallest absolute Gasteiger partial charge is 0.255 e. The van der Waals surface area contributed by atoms with Crippen LogP contribution in [-0.2, 0) is 4.74 Å².